The van der Waals surface area contributed by atoms with E-state index in [1.165, 1.54) is 6.07 Å². The summed E-state index contributed by atoms with van der Waals surface area (Å²) in [6, 6.07) is 4.11. The van der Waals surface area contributed by atoms with Gasteiger partial charge in [-0.2, -0.15) is 18.4 Å². The second-order valence-electron chi connectivity index (χ2n) is 8.30. The lowest BCUT2D eigenvalue weighted by Crippen LogP contribution is -2.50. The van der Waals surface area contributed by atoms with Crippen LogP contribution in [0.3, 0.4) is 0 Å². The Labute approximate surface area is 174 Å². The highest BCUT2D eigenvalue weighted by atomic mass is 19.4. The molecule has 3 fully saturated rings. The highest BCUT2D eigenvalue weighted by molar-refractivity contribution is 6.23. The standard InChI is InChI=1S/C20H17F3N2O6/c1-18-6-12(30-8-13(26)27)19(2,31-18)15-14(18)16(28)25(17(15)29)10-4-3-9(7-24)11(5-10)20(21,22)23/h3-5,12,14-15H,6,8H2,1-2H3,(H,26,27)/t12-,14+,15-,18?,19?/m0/s1. The lowest BCUT2D eigenvalue weighted by Gasteiger charge is -2.34. The molecule has 164 valence electrons. The summed E-state index contributed by atoms with van der Waals surface area (Å²) in [6.07, 6.45) is -5.47. The van der Waals surface area contributed by atoms with Crippen molar-refractivity contribution in [3.63, 3.8) is 0 Å². The summed E-state index contributed by atoms with van der Waals surface area (Å²) in [6.45, 7) is 2.53. The van der Waals surface area contributed by atoms with E-state index in [0.717, 1.165) is 12.1 Å². The third-order valence-electron chi connectivity index (χ3n) is 6.36. The fourth-order valence-corrected chi connectivity index (χ4v) is 5.15. The molecule has 0 aliphatic carbocycles. The molecule has 3 aliphatic heterocycles. The Kier molecular flexibility index (Phi) is 4.47. The summed E-state index contributed by atoms with van der Waals surface area (Å²) in [5.74, 6) is -4.64. The first kappa shape index (κ1) is 21.3. The number of amides is 2. The van der Waals surface area contributed by atoms with Gasteiger partial charge >= 0.3 is 12.1 Å². The third kappa shape index (κ3) is 2.93. The first-order chi connectivity index (χ1) is 14.3. The fraction of sp³-hybridized carbons (Fsp3) is 0.500. The number of ether oxygens (including phenoxy) is 2. The molecule has 0 radical (unpaired) electrons. The van der Waals surface area contributed by atoms with E-state index in [1.807, 2.05) is 0 Å². The summed E-state index contributed by atoms with van der Waals surface area (Å²) in [5, 5.41) is 17.9. The molecule has 2 bridgehead atoms. The van der Waals surface area contributed by atoms with E-state index in [4.69, 9.17) is 19.8 Å². The Hall–Kier alpha value is -2.97. The Balaban J connectivity index is 1.73. The number of carboxylic acid groups (broad SMARTS) is 1. The van der Waals surface area contributed by atoms with Crippen molar-refractivity contribution in [2.45, 2.75) is 43.8 Å². The number of hydrogen-bond acceptors (Lipinski definition) is 6. The fourth-order valence-electron chi connectivity index (χ4n) is 5.15. The number of alkyl halides is 3. The number of nitriles is 1. The number of rotatable bonds is 4. The molecule has 1 N–H and O–H groups in total. The van der Waals surface area contributed by atoms with Gasteiger partial charge in [0.2, 0.25) is 11.8 Å². The van der Waals surface area contributed by atoms with Crippen LogP contribution in [0.4, 0.5) is 18.9 Å². The number of imide groups is 1. The average Bonchev–Trinajstić information content (AvgIpc) is 3.19. The maximum absolute atomic E-state index is 13.4. The van der Waals surface area contributed by atoms with E-state index in [1.54, 1.807) is 13.8 Å². The minimum absolute atomic E-state index is 0.159. The zero-order valence-electron chi connectivity index (χ0n) is 16.4. The molecule has 11 heteroatoms. The van der Waals surface area contributed by atoms with Crippen molar-refractivity contribution >= 4 is 23.5 Å². The average molecular weight is 438 g/mol. The number of benzene rings is 1. The first-order valence-corrected chi connectivity index (χ1v) is 9.36. The van der Waals surface area contributed by atoms with E-state index in [2.05, 4.69) is 0 Å². The first-order valence-electron chi connectivity index (χ1n) is 9.36. The number of aliphatic carboxylic acids is 1. The maximum atomic E-state index is 13.4. The van der Waals surface area contributed by atoms with Gasteiger partial charge in [-0.25, -0.2) is 9.69 Å². The smallest absolute Gasteiger partial charge is 0.417 e. The molecular formula is C20H17F3N2O6. The van der Waals surface area contributed by atoms with Gasteiger partial charge in [-0.1, -0.05) is 0 Å². The molecule has 2 unspecified atom stereocenters. The van der Waals surface area contributed by atoms with Crippen LogP contribution in [0.15, 0.2) is 18.2 Å². The van der Waals surface area contributed by atoms with Crippen molar-refractivity contribution < 1.29 is 42.1 Å². The predicted molar refractivity (Wildman–Crippen MR) is 95.5 cm³/mol. The number of hydrogen-bond donors (Lipinski definition) is 1. The lowest BCUT2D eigenvalue weighted by atomic mass is 9.67. The topological polar surface area (TPSA) is 117 Å². The zero-order chi connectivity index (χ0) is 22.9. The van der Waals surface area contributed by atoms with Crippen LogP contribution in [0, 0.1) is 23.2 Å². The maximum Gasteiger partial charge on any atom is 0.417 e. The molecule has 5 atom stereocenters. The van der Waals surface area contributed by atoms with Crippen molar-refractivity contribution in [1.82, 2.24) is 0 Å². The van der Waals surface area contributed by atoms with Gasteiger partial charge in [-0.3, -0.25) is 9.59 Å². The molecule has 0 saturated carbocycles. The number of carbonyl (C=O) groups excluding carboxylic acids is 2. The molecule has 0 spiro atoms. The number of anilines is 1. The van der Waals surface area contributed by atoms with Gasteiger partial charge in [0.1, 0.15) is 12.2 Å². The molecule has 1 aromatic rings. The normalized spacial score (nSPS) is 34.2. The van der Waals surface area contributed by atoms with Crippen molar-refractivity contribution in [3.05, 3.63) is 29.3 Å². The molecule has 31 heavy (non-hydrogen) atoms. The van der Waals surface area contributed by atoms with Gasteiger partial charge in [0.05, 0.1) is 46.4 Å². The van der Waals surface area contributed by atoms with Crippen LogP contribution >= 0.6 is 0 Å². The third-order valence-corrected chi connectivity index (χ3v) is 6.36. The van der Waals surface area contributed by atoms with E-state index in [9.17, 15) is 27.6 Å². The largest absolute Gasteiger partial charge is 0.480 e. The number of halogens is 3. The Morgan fingerprint density at radius 3 is 2.55 bits per heavy atom. The van der Waals surface area contributed by atoms with E-state index in [-0.39, 0.29) is 12.1 Å². The number of carbonyl (C=O) groups is 3. The minimum Gasteiger partial charge on any atom is -0.480 e. The summed E-state index contributed by atoms with van der Waals surface area (Å²) < 4.78 is 51.5. The van der Waals surface area contributed by atoms with Crippen LogP contribution in [0.1, 0.15) is 31.4 Å². The monoisotopic (exact) mass is 438 g/mol. The van der Waals surface area contributed by atoms with Crippen LogP contribution in [-0.2, 0) is 30.0 Å². The van der Waals surface area contributed by atoms with Gasteiger partial charge in [0, 0.05) is 6.42 Å². The van der Waals surface area contributed by atoms with Crippen molar-refractivity contribution in [2.24, 2.45) is 11.8 Å². The molecule has 3 aliphatic rings. The van der Waals surface area contributed by atoms with Crippen LogP contribution in [0.25, 0.3) is 0 Å². The lowest BCUT2D eigenvalue weighted by molar-refractivity contribution is -0.151. The molecule has 0 aromatic heterocycles. The van der Waals surface area contributed by atoms with Crippen molar-refractivity contribution in [3.8, 4) is 6.07 Å². The number of fused-ring (bicyclic) bond motifs is 5. The number of nitrogens with zero attached hydrogens (tertiary/aromatic N) is 2. The highest BCUT2D eigenvalue weighted by Gasteiger charge is 2.76. The molecule has 1 aromatic carbocycles. The quantitative estimate of drug-likeness (QED) is 0.716. The van der Waals surface area contributed by atoms with Crippen LogP contribution in [0.2, 0.25) is 0 Å². The molecule has 3 heterocycles. The Bertz CT molecular complexity index is 1050. The summed E-state index contributed by atoms with van der Waals surface area (Å²) in [4.78, 5) is 38.0. The van der Waals surface area contributed by atoms with Crippen LogP contribution in [-0.4, -0.2) is 46.8 Å². The van der Waals surface area contributed by atoms with Gasteiger partial charge in [-0.15, -0.1) is 0 Å². The molecule has 4 rings (SSSR count). The highest BCUT2D eigenvalue weighted by Crippen LogP contribution is 2.61. The minimum atomic E-state index is -4.85. The van der Waals surface area contributed by atoms with Crippen molar-refractivity contribution in [1.29, 1.82) is 5.26 Å². The molecular weight excluding hydrogens is 421 g/mol. The second kappa shape index (κ2) is 6.51. The van der Waals surface area contributed by atoms with Gasteiger partial charge in [-0.05, 0) is 32.0 Å². The molecule has 3 saturated heterocycles. The van der Waals surface area contributed by atoms with Gasteiger partial charge in [0.25, 0.3) is 0 Å². The summed E-state index contributed by atoms with van der Waals surface area (Å²) >= 11 is 0. The molecule has 2 amide bonds. The van der Waals surface area contributed by atoms with E-state index < -0.39 is 70.8 Å². The predicted octanol–water partition coefficient (Wildman–Crippen LogP) is 2.10. The van der Waals surface area contributed by atoms with Crippen LogP contribution in [0.5, 0.6) is 0 Å². The van der Waals surface area contributed by atoms with Crippen molar-refractivity contribution in [2.75, 3.05) is 11.5 Å². The number of carboxylic acids is 1. The SMILES string of the molecule is CC12C[C@H](OCC(=O)O)C(C)(O1)[C@@H]1C(=O)N(c3ccc(C#N)c(C(F)(F)F)c3)C(=O)[C@@H]12. The Morgan fingerprint density at radius 1 is 1.32 bits per heavy atom. The van der Waals surface area contributed by atoms with Gasteiger partial charge in [0.15, 0.2) is 0 Å². The van der Waals surface area contributed by atoms with Gasteiger partial charge < -0.3 is 14.6 Å². The molecule has 8 nitrogen and oxygen atoms in total. The summed E-state index contributed by atoms with van der Waals surface area (Å²) in [7, 11) is 0. The van der Waals surface area contributed by atoms with Crippen LogP contribution < -0.4 is 4.90 Å². The Morgan fingerprint density at radius 2 is 1.97 bits per heavy atom. The van der Waals surface area contributed by atoms with E-state index in [0.29, 0.717) is 11.0 Å². The van der Waals surface area contributed by atoms with E-state index >= 15 is 0 Å². The second-order valence-corrected chi connectivity index (χ2v) is 8.30. The zero-order valence-corrected chi connectivity index (χ0v) is 16.4. The summed E-state index contributed by atoms with van der Waals surface area (Å²) in [5.41, 5.74) is -4.60.